The molecular weight excluding hydrogens is 324 g/mol. The molecule has 134 valence electrons. The van der Waals surface area contributed by atoms with E-state index in [0.717, 1.165) is 30.9 Å². The van der Waals surface area contributed by atoms with Gasteiger partial charge in [0.15, 0.2) is 0 Å². The van der Waals surface area contributed by atoms with Crippen LogP contribution in [0.4, 0.5) is 0 Å². The Labute approximate surface area is 154 Å². The predicted octanol–water partition coefficient (Wildman–Crippen LogP) is 3.99. The van der Waals surface area contributed by atoms with Gasteiger partial charge in [-0.15, -0.1) is 0 Å². The Balaban J connectivity index is 1.68. The van der Waals surface area contributed by atoms with E-state index in [1.165, 1.54) is 5.56 Å². The van der Waals surface area contributed by atoms with Crippen molar-refractivity contribution in [3.05, 3.63) is 89.7 Å². The van der Waals surface area contributed by atoms with Crippen LogP contribution in [0.5, 0.6) is 0 Å². The van der Waals surface area contributed by atoms with Crippen LogP contribution in [0, 0.1) is 0 Å². The van der Waals surface area contributed by atoms with E-state index in [4.69, 9.17) is 4.74 Å². The van der Waals surface area contributed by atoms with E-state index in [1.54, 1.807) is 6.07 Å². The molecule has 0 aliphatic heterocycles. The topological polar surface area (TPSA) is 43.3 Å². The zero-order chi connectivity index (χ0) is 18.2. The lowest BCUT2D eigenvalue weighted by atomic mass is 10.1. The predicted molar refractivity (Wildman–Crippen MR) is 104 cm³/mol. The fraction of sp³-hybridized carbons (Fsp3) is 0.227. The molecular formula is C22H24N2O2. The molecule has 0 bridgehead atoms. The normalized spacial score (nSPS) is 10.7. The maximum absolute atomic E-state index is 12.2. The van der Waals surface area contributed by atoms with Crippen LogP contribution >= 0.6 is 0 Å². The average molecular weight is 348 g/mol. The molecule has 2 aromatic carbocycles. The molecule has 1 N–H and O–H groups in total. The highest BCUT2D eigenvalue weighted by Crippen LogP contribution is 2.18. The smallest absolute Gasteiger partial charge is 0.340 e. The van der Waals surface area contributed by atoms with Gasteiger partial charge in [-0.25, -0.2) is 4.79 Å². The van der Waals surface area contributed by atoms with Crippen LogP contribution < -0.4 is 5.32 Å². The number of esters is 1. The van der Waals surface area contributed by atoms with Gasteiger partial charge in [0, 0.05) is 18.4 Å². The second-order valence-corrected chi connectivity index (χ2v) is 6.02. The molecule has 0 radical (unpaired) electrons. The van der Waals surface area contributed by atoms with Crippen molar-refractivity contribution in [2.24, 2.45) is 0 Å². The first kappa shape index (κ1) is 18.0. The first-order chi connectivity index (χ1) is 12.8. The molecule has 26 heavy (non-hydrogen) atoms. The van der Waals surface area contributed by atoms with Gasteiger partial charge in [0.2, 0.25) is 0 Å². The molecule has 4 heteroatoms. The summed E-state index contributed by atoms with van der Waals surface area (Å²) >= 11 is 0. The number of aromatic nitrogens is 1. The second-order valence-electron chi connectivity index (χ2n) is 6.02. The Bertz CT molecular complexity index is 840. The van der Waals surface area contributed by atoms with Crippen LogP contribution in [-0.2, 0) is 17.7 Å². The number of hydrogen-bond donors (Lipinski definition) is 1. The van der Waals surface area contributed by atoms with E-state index in [2.05, 4.69) is 35.6 Å². The van der Waals surface area contributed by atoms with Crippen LogP contribution in [0.25, 0.3) is 5.69 Å². The average Bonchev–Trinajstić information content (AvgIpc) is 3.14. The van der Waals surface area contributed by atoms with Crippen molar-refractivity contribution in [1.29, 1.82) is 0 Å². The minimum Gasteiger partial charge on any atom is -0.462 e. The first-order valence-corrected chi connectivity index (χ1v) is 8.97. The summed E-state index contributed by atoms with van der Waals surface area (Å²) in [4.78, 5) is 12.2. The Morgan fingerprint density at radius 2 is 1.77 bits per heavy atom. The van der Waals surface area contributed by atoms with Gasteiger partial charge in [-0.3, -0.25) is 0 Å². The number of para-hydroxylation sites is 1. The van der Waals surface area contributed by atoms with Gasteiger partial charge in [-0.1, -0.05) is 42.5 Å². The fourth-order valence-corrected chi connectivity index (χ4v) is 2.95. The van der Waals surface area contributed by atoms with E-state index in [-0.39, 0.29) is 5.97 Å². The lowest BCUT2D eigenvalue weighted by Crippen LogP contribution is -2.19. The standard InChI is InChI=1S/C22H24N2O2/c1-2-26-22(25)20-12-6-7-13-21(20)24-16-8-11-19(24)17-23-15-14-18-9-4-3-5-10-18/h3-13,16,23H,2,14-15,17H2,1H3. The monoisotopic (exact) mass is 348 g/mol. The lowest BCUT2D eigenvalue weighted by molar-refractivity contribution is 0.0526. The molecule has 0 unspecified atom stereocenters. The van der Waals surface area contributed by atoms with Crippen molar-refractivity contribution < 1.29 is 9.53 Å². The third-order valence-corrected chi connectivity index (χ3v) is 4.23. The molecule has 0 aliphatic carbocycles. The third kappa shape index (κ3) is 4.41. The highest BCUT2D eigenvalue weighted by atomic mass is 16.5. The quantitative estimate of drug-likeness (QED) is 0.494. The van der Waals surface area contributed by atoms with Crippen molar-refractivity contribution >= 4 is 5.97 Å². The Morgan fingerprint density at radius 1 is 1.00 bits per heavy atom. The summed E-state index contributed by atoms with van der Waals surface area (Å²) in [6.07, 6.45) is 2.97. The summed E-state index contributed by atoms with van der Waals surface area (Å²) in [6, 6.07) is 22.0. The summed E-state index contributed by atoms with van der Waals surface area (Å²) in [5.74, 6) is -0.292. The van der Waals surface area contributed by atoms with Crippen LogP contribution in [0.3, 0.4) is 0 Å². The minimum absolute atomic E-state index is 0.292. The van der Waals surface area contributed by atoms with E-state index in [0.29, 0.717) is 12.2 Å². The molecule has 3 aromatic rings. The molecule has 1 aromatic heterocycles. The molecule has 0 fully saturated rings. The Kier molecular flexibility index (Phi) is 6.23. The van der Waals surface area contributed by atoms with Crippen LogP contribution in [0.1, 0.15) is 28.5 Å². The van der Waals surface area contributed by atoms with Crippen molar-refractivity contribution in [3.8, 4) is 5.69 Å². The van der Waals surface area contributed by atoms with E-state index < -0.39 is 0 Å². The van der Waals surface area contributed by atoms with E-state index in [1.807, 2.05) is 48.0 Å². The van der Waals surface area contributed by atoms with Gasteiger partial charge >= 0.3 is 5.97 Å². The zero-order valence-corrected chi connectivity index (χ0v) is 15.0. The first-order valence-electron chi connectivity index (χ1n) is 8.97. The molecule has 0 saturated carbocycles. The van der Waals surface area contributed by atoms with Crippen LogP contribution in [0.15, 0.2) is 72.9 Å². The zero-order valence-electron chi connectivity index (χ0n) is 15.0. The third-order valence-electron chi connectivity index (χ3n) is 4.23. The SMILES string of the molecule is CCOC(=O)c1ccccc1-n1cccc1CNCCc1ccccc1. The van der Waals surface area contributed by atoms with E-state index >= 15 is 0 Å². The molecule has 0 spiro atoms. The summed E-state index contributed by atoms with van der Waals surface area (Å²) in [6.45, 7) is 3.82. The Hall–Kier alpha value is -2.85. The van der Waals surface area contributed by atoms with Gasteiger partial charge in [0.1, 0.15) is 0 Å². The number of nitrogens with one attached hydrogen (secondary N) is 1. The number of rotatable bonds is 8. The van der Waals surface area contributed by atoms with Crippen molar-refractivity contribution in [1.82, 2.24) is 9.88 Å². The van der Waals surface area contributed by atoms with Gasteiger partial charge in [-0.2, -0.15) is 0 Å². The molecule has 0 amide bonds. The summed E-state index contributed by atoms with van der Waals surface area (Å²) in [5, 5.41) is 3.48. The second kappa shape index (κ2) is 9.02. The summed E-state index contributed by atoms with van der Waals surface area (Å²) in [5.41, 5.74) is 3.85. The van der Waals surface area contributed by atoms with Gasteiger partial charge in [-0.05, 0) is 49.7 Å². The highest BCUT2D eigenvalue weighted by Gasteiger charge is 2.14. The summed E-state index contributed by atoms with van der Waals surface area (Å²) in [7, 11) is 0. The Morgan fingerprint density at radius 3 is 2.58 bits per heavy atom. The maximum atomic E-state index is 12.2. The van der Waals surface area contributed by atoms with Gasteiger partial charge in [0.25, 0.3) is 0 Å². The maximum Gasteiger partial charge on any atom is 0.340 e. The van der Waals surface area contributed by atoms with Crippen LogP contribution in [0.2, 0.25) is 0 Å². The molecule has 0 atom stereocenters. The molecule has 0 saturated heterocycles. The number of ether oxygens (including phenoxy) is 1. The van der Waals surface area contributed by atoms with Crippen molar-refractivity contribution in [2.45, 2.75) is 19.9 Å². The number of hydrogen-bond acceptors (Lipinski definition) is 3. The molecule has 0 aliphatic rings. The molecule has 1 heterocycles. The highest BCUT2D eigenvalue weighted by molar-refractivity contribution is 5.93. The molecule has 4 nitrogen and oxygen atoms in total. The largest absolute Gasteiger partial charge is 0.462 e. The lowest BCUT2D eigenvalue weighted by Gasteiger charge is -2.14. The van der Waals surface area contributed by atoms with Crippen LogP contribution in [-0.4, -0.2) is 23.7 Å². The van der Waals surface area contributed by atoms with Crippen molar-refractivity contribution in [2.75, 3.05) is 13.2 Å². The number of carbonyl (C=O) groups is 1. The van der Waals surface area contributed by atoms with Crippen molar-refractivity contribution in [3.63, 3.8) is 0 Å². The van der Waals surface area contributed by atoms with Gasteiger partial charge in [0.05, 0.1) is 17.9 Å². The number of carbonyl (C=O) groups excluding carboxylic acids is 1. The summed E-state index contributed by atoms with van der Waals surface area (Å²) < 4.78 is 7.23. The number of nitrogens with zero attached hydrogens (tertiary/aromatic N) is 1. The van der Waals surface area contributed by atoms with Gasteiger partial charge < -0.3 is 14.6 Å². The van der Waals surface area contributed by atoms with E-state index in [9.17, 15) is 4.79 Å². The number of benzene rings is 2. The molecule has 3 rings (SSSR count). The fourth-order valence-electron chi connectivity index (χ4n) is 2.95. The minimum atomic E-state index is -0.292.